The normalized spacial score (nSPS) is 14.5. The Morgan fingerprint density at radius 2 is 1.44 bits per heavy atom. The number of benzene rings is 3. The number of hydrogen-bond acceptors (Lipinski definition) is 6. The van der Waals surface area contributed by atoms with Gasteiger partial charge in [-0.1, -0.05) is 35.9 Å². The highest BCUT2D eigenvalue weighted by atomic mass is 35.5. The molecular weight excluding hydrogens is 516 g/mol. The first kappa shape index (κ1) is 26.6. The van der Waals surface area contributed by atoms with Crippen molar-refractivity contribution in [3.8, 4) is 0 Å². The van der Waals surface area contributed by atoms with Crippen LogP contribution in [0.3, 0.4) is 0 Å². The number of fused-ring (bicyclic) bond motifs is 1. The number of carboxylic acid groups (broad SMARTS) is 2. The minimum atomic E-state index is -0.963. The SMILES string of the molecule is O=C(O)c1ccc(C(c2ccc(C(=O)O)cc2)N2CCN(CCNc3ccnc4cc(Cl)ccc34)CC2)cc1. The lowest BCUT2D eigenvalue weighted by atomic mass is 9.94. The first-order valence-electron chi connectivity index (χ1n) is 12.8. The third-order valence-electron chi connectivity index (χ3n) is 7.17. The van der Waals surface area contributed by atoms with Gasteiger partial charge in [0, 0.05) is 61.6 Å². The second-order valence-electron chi connectivity index (χ2n) is 9.58. The van der Waals surface area contributed by atoms with Gasteiger partial charge in [-0.05, 0) is 59.7 Å². The Balaban J connectivity index is 1.25. The predicted molar refractivity (Wildman–Crippen MR) is 152 cm³/mol. The fourth-order valence-electron chi connectivity index (χ4n) is 5.10. The molecule has 2 heterocycles. The van der Waals surface area contributed by atoms with Crippen molar-refractivity contribution in [2.75, 3.05) is 44.6 Å². The predicted octanol–water partition coefficient (Wildman–Crippen LogP) is 5.10. The number of aromatic carboxylic acids is 2. The Kier molecular flexibility index (Phi) is 8.07. The smallest absolute Gasteiger partial charge is 0.335 e. The van der Waals surface area contributed by atoms with Gasteiger partial charge in [0.05, 0.1) is 22.7 Å². The lowest BCUT2D eigenvalue weighted by molar-refractivity contribution is 0.0686. The summed E-state index contributed by atoms with van der Waals surface area (Å²) in [6, 6.07) is 21.5. The van der Waals surface area contributed by atoms with E-state index in [0.29, 0.717) is 5.02 Å². The van der Waals surface area contributed by atoms with Gasteiger partial charge in [-0.25, -0.2) is 9.59 Å². The van der Waals surface area contributed by atoms with Gasteiger partial charge < -0.3 is 15.5 Å². The van der Waals surface area contributed by atoms with Gasteiger partial charge in [-0.2, -0.15) is 0 Å². The van der Waals surface area contributed by atoms with Gasteiger partial charge >= 0.3 is 11.9 Å². The van der Waals surface area contributed by atoms with Crippen molar-refractivity contribution in [3.63, 3.8) is 0 Å². The molecule has 3 N–H and O–H groups in total. The van der Waals surface area contributed by atoms with Gasteiger partial charge in [0.2, 0.25) is 0 Å². The zero-order chi connectivity index (χ0) is 27.4. The molecule has 1 aliphatic heterocycles. The Morgan fingerprint density at radius 3 is 2.00 bits per heavy atom. The maximum atomic E-state index is 11.4. The molecule has 1 aliphatic rings. The number of nitrogens with one attached hydrogen (secondary N) is 1. The largest absolute Gasteiger partial charge is 0.478 e. The number of nitrogens with zero attached hydrogens (tertiary/aromatic N) is 3. The van der Waals surface area contributed by atoms with Crippen molar-refractivity contribution in [2.45, 2.75) is 6.04 Å². The van der Waals surface area contributed by atoms with Crippen LogP contribution in [-0.4, -0.2) is 76.2 Å². The molecule has 0 atom stereocenters. The molecule has 1 aromatic heterocycles. The van der Waals surface area contributed by atoms with E-state index in [9.17, 15) is 19.8 Å². The molecular formula is C30H29ClN4O4. The molecule has 5 rings (SSSR count). The lowest BCUT2D eigenvalue weighted by Gasteiger charge is -2.40. The second-order valence-corrected chi connectivity index (χ2v) is 10.0. The molecule has 1 fully saturated rings. The van der Waals surface area contributed by atoms with Gasteiger partial charge in [0.15, 0.2) is 0 Å². The Labute approximate surface area is 231 Å². The Hall–Kier alpha value is -3.98. The van der Waals surface area contributed by atoms with E-state index in [0.717, 1.165) is 67.0 Å². The Morgan fingerprint density at radius 1 is 0.846 bits per heavy atom. The van der Waals surface area contributed by atoms with E-state index < -0.39 is 11.9 Å². The third-order valence-corrected chi connectivity index (χ3v) is 7.40. The highest BCUT2D eigenvalue weighted by molar-refractivity contribution is 6.31. The summed E-state index contributed by atoms with van der Waals surface area (Å²) in [6.07, 6.45) is 1.78. The number of anilines is 1. The minimum Gasteiger partial charge on any atom is -0.478 e. The first-order chi connectivity index (χ1) is 18.9. The van der Waals surface area contributed by atoms with E-state index in [1.807, 2.05) is 48.5 Å². The van der Waals surface area contributed by atoms with Gasteiger partial charge in [-0.15, -0.1) is 0 Å². The maximum Gasteiger partial charge on any atom is 0.335 e. The van der Waals surface area contributed by atoms with Crippen LogP contribution < -0.4 is 5.32 Å². The van der Waals surface area contributed by atoms with Crippen LogP contribution in [0, 0.1) is 0 Å². The fraction of sp³-hybridized carbons (Fsp3) is 0.233. The Bertz CT molecular complexity index is 1410. The number of rotatable bonds is 9. The molecule has 8 nitrogen and oxygen atoms in total. The van der Waals surface area contributed by atoms with Crippen LogP contribution in [0.2, 0.25) is 5.02 Å². The molecule has 0 unspecified atom stereocenters. The van der Waals surface area contributed by atoms with E-state index in [1.54, 1.807) is 30.5 Å². The molecule has 3 aromatic carbocycles. The van der Waals surface area contributed by atoms with Crippen LogP contribution in [0.1, 0.15) is 37.9 Å². The molecule has 0 amide bonds. The highest BCUT2D eigenvalue weighted by Crippen LogP contribution is 2.30. The first-order valence-corrected chi connectivity index (χ1v) is 13.2. The molecule has 200 valence electrons. The summed E-state index contributed by atoms with van der Waals surface area (Å²) >= 11 is 6.11. The lowest BCUT2D eigenvalue weighted by Crippen LogP contribution is -2.48. The topological polar surface area (TPSA) is 106 Å². The summed E-state index contributed by atoms with van der Waals surface area (Å²) in [5.41, 5.74) is 4.32. The summed E-state index contributed by atoms with van der Waals surface area (Å²) in [5, 5.41) is 23.9. The van der Waals surface area contributed by atoms with Crippen molar-refractivity contribution in [3.05, 3.63) is 106 Å². The molecule has 0 bridgehead atoms. The van der Waals surface area contributed by atoms with E-state index >= 15 is 0 Å². The van der Waals surface area contributed by atoms with Crippen LogP contribution in [0.25, 0.3) is 10.9 Å². The molecule has 1 saturated heterocycles. The van der Waals surface area contributed by atoms with E-state index in [1.165, 1.54) is 0 Å². The summed E-state index contributed by atoms with van der Waals surface area (Å²) in [5.74, 6) is -1.93. The second kappa shape index (κ2) is 11.8. The molecule has 0 saturated carbocycles. The zero-order valence-electron chi connectivity index (χ0n) is 21.3. The summed E-state index contributed by atoms with van der Waals surface area (Å²) in [4.78, 5) is 31.9. The van der Waals surface area contributed by atoms with Crippen molar-refractivity contribution in [2.24, 2.45) is 0 Å². The monoisotopic (exact) mass is 544 g/mol. The number of carbonyl (C=O) groups is 2. The number of aromatic nitrogens is 1. The van der Waals surface area contributed by atoms with E-state index in [4.69, 9.17) is 11.6 Å². The van der Waals surface area contributed by atoms with Crippen molar-refractivity contribution >= 4 is 40.1 Å². The van der Waals surface area contributed by atoms with Crippen LogP contribution in [0.15, 0.2) is 79.0 Å². The molecule has 4 aromatic rings. The summed E-state index contributed by atoms with van der Waals surface area (Å²) in [7, 11) is 0. The van der Waals surface area contributed by atoms with Gasteiger partial charge in [0.25, 0.3) is 0 Å². The van der Waals surface area contributed by atoms with Gasteiger partial charge in [-0.3, -0.25) is 14.8 Å². The molecule has 39 heavy (non-hydrogen) atoms. The number of hydrogen-bond donors (Lipinski definition) is 3. The minimum absolute atomic E-state index is 0.106. The quantitative estimate of drug-likeness (QED) is 0.267. The van der Waals surface area contributed by atoms with Crippen molar-refractivity contribution in [1.82, 2.24) is 14.8 Å². The fourth-order valence-corrected chi connectivity index (χ4v) is 5.27. The highest BCUT2D eigenvalue weighted by Gasteiger charge is 2.27. The number of carboxylic acids is 2. The molecule has 9 heteroatoms. The van der Waals surface area contributed by atoms with Crippen LogP contribution >= 0.6 is 11.6 Å². The van der Waals surface area contributed by atoms with E-state index in [2.05, 4.69) is 20.1 Å². The average molecular weight is 545 g/mol. The number of halogens is 1. The van der Waals surface area contributed by atoms with Crippen molar-refractivity contribution in [1.29, 1.82) is 0 Å². The molecule has 0 aliphatic carbocycles. The standard InChI is InChI=1S/C30H29ClN4O4/c31-24-9-10-25-26(11-12-32-27(25)19-24)33-13-14-34-15-17-35(18-16-34)28(20-1-5-22(6-2-20)29(36)37)21-3-7-23(8-4-21)30(38)39/h1-12,19,28H,13-18H2,(H,32,33)(H,36,37)(H,38,39). The molecule has 0 spiro atoms. The van der Waals surface area contributed by atoms with Crippen molar-refractivity contribution < 1.29 is 19.8 Å². The third kappa shape index (κ3) is 6.20. The average Bonchev–Trinajstić information content (AvgIpc) is 2.94. The van der Waals surface area contributed by atoms with E-state index in [-0.39, 0.29) is 17.2 Å². The summed E-state index contributed by atoms with van der Waals surface area (Å²) < 4.78 is 0. The molecule has 0 radical (unpaired) electrons. The zero-order valence-corrected chi connectivity index (χ0v) is 22.0. The number of pyridine rings is 1. The van der Waals surface area contributed by atoms with Crippen LogP contribution in [0.4, 0.5) is 5.69 Å². The summed E-state index contributed by atoms with van der Waals surface area (Å²) in [6.45, 7) is 5.08. The maximum absolute atomic E-state index is 11.4. The van der Waals surface area contributed by atoms with Crippen LogP contribution in [0.5, 0.6) is 0 Å². The number of piperazine rings is 1. The van der Waals surface area contributed by atoms with Crippen LogP contribution in [-0.2, 0) is 0 Å². The van der Waals surface area contributed by atoms with Gasteiger partial charge in [0.1, 0.15) is 0 Å².